The van der Waals surface area contributed by atoms with E-state index in [0.717, 1.165) is 50.7 Å². The maximum Gasteiger partial charge on any atom is 0.128 e. The Morgan fingerprint density at radius 2 is 1.78 bits per heavy atom. The molecule has 4 nitrogen and oxygen atoms in total. The van der Waals surface area contributed by atoms with Crippen LogP contribution in [0.2, 0.25) is 5.02 Å². The Balaban J connectivity index is 1.46. The Kier molecular flexibility index (Phi) is 5.36. The van der Waals surface area contributed by atoms with Gasteiger partial charge in [0.25, 0.3) is 0 Å². The zero-order valence-electron chi connectivity index (χ0n) is 13.4. The average Bonchev–Trinajstić information content (AvgIpc) is 2.61. The fourth-order valence-corrected chi connectivity index (χ4v) is 2.95. The third-order valence-electron chi connectivity index (χ3n) is 4.28. The Morgan fingerprint density at radius 1 is 1.04 bits per heavy atom. The lowest BCUT2D eigenvalue weighted by molar-refractivity contribution is 0.260. The quantitative estimate of drug-likeness (QED) is 0.841. The van der Waals surface area contributed by atoms with E-state index in [1.54, 1.807) is 13.3 Å². The first-order valence-electron chi connectivity index (χ1n) is 7.96. The predicted octanol–water partition coefficient (Wildman–Crippen LogP) is 3.11. The van der Waals surface area contributed by atoms with Gasteiger partial charge in [0.1, 0.15) is 11.6 Å². The first-order valence-corrected chi connectivity index (χ1v) is 8.34. The van der Waals surface area contributed by atoms with Gasteiger partial charge in [0, 0.05) is 38.9 Å². The molecule has 2 aromatic rings. The third-order valence-corrected chi connectivity index (χ3v) is 4.51. The number of nitrogens with zero attached hydrogens (tertiary/aromatic N) is 3. The van der Waals surface area contributed by atoms with Crippen LogP contribution in [0, 0.1) is 0 Å². The van der Waals surface area contributed by atoms with E-state index in [1.807, 2.05) is 24.3 Å². The molecule has 1 aliphatic heterocycles. The van der Waals surface area contributed by atoms with E-state index in [4.69, 9.17) is 16.3 Å². The van der Waals surface area contributed by atoms with Crippen LogP contribution in [0.3, 0.4) is 0 Å². The Labute approximate surface area is 142 Å². The van der Waals surface area contributed by atoms with Crippen molar-refractivity contribution in [3.63, 3.8) is 0 Å². The van der Waals surface area contributed by atoms with Gasteiger partial charge >= 0.3 is 0 Å². The molecule has 0 spiro atoms. The lowest BCUT2D eigenvalue weighted by atomic mass is 10.1. The number of halogens is 1. The molecule has 2 heterocycles. The second-order valence-electron chi connectivity index (χ2n) is 5.76. The van der Waals surface area contributed by atoms with Crippen LogP contribution in [-0.4, -0.2) is 49.7 Å². The molecule has 0 N–H and O–H groups in total. The van der Waals surface area contributed by atoms with Gasteiger partial charge in [-0.15, -0.1) is 0 Å². The number of pyridine rings is 1. The molecule has 0 unspecified atom stereocenters. The lowest BCUT2D eigenvalue weighted by Gasteiger charge is -2.35. The summed E-state index contributed by atoms with van der Waals surface area (Å²) in [5.74, 6) is 1.93. The molecule has 23 heavy (non-hydrogen) atoms. The van der Waals surface area contributed by atoms with E-state index in [2.05, 4.69) is 26.9 Å². The van der Waals surface area contributed by atoms with Crippen molar-refractivity contribution < 1.29 is 4.74 Å². The number of aromatic nitrogens is 1. The molecule has 0 atom stereocenters. The molecule has 0 saturated carbocycles. The van der Waals surface area contributed by atoms with Crippen molar-refractivity contribution >= 4 is 17.4 Å². The van der Waals surface area contributed by atoms with Crippen molar-refractivity contribution in [3.05, 3.63) is 53.2 Å². The largest absolute Gasteiger partial charge is 0.497 e. The van der Waals surface area contributed by atoms with Crippen LogP contribution in [0.1, 0.15) is 5.56 Å². The summed E-state index contributed by atoms with van der Waals surface area (Å²) in [7, 11) is 1.70. The number of ether oxygens (including phenoxy) is 1. The molecule has 0 radical (unpaired) electrons. The van der Waals surface area contributed by atoms with E-state index < -0.39 is 0 Å². The van der Waals surface area contributed by atoms with Gasteiger partial charge in [-0.1, -0.05) is 23.7 Å². The fourth-order valence-electron chi connectivity index (χ4n) is 2.84. The molecule has 122 valence electrons. The molecule has 0 amide bonds. The minimum Gasteiger partial charge on any atom is -0.497 e. The highest BCUT2D eigenvalue weighted by Crippen LogP contribution is 2.17. The minimum atomic E-state index is 0.687. The highest BCUT2D eigenvalue weighted by atomic mass is 35.5. The zero-order valence-corrected chi connectivity index (χ0v) is 14.2. The number of piperazine rings is 1. The fraction of sp³-hybridized carbons (Fsp3) is 0.389. The van der Waals surface area contributed by atoms with Crippen LogP contribution in [0.4, 0.5) is 5.82 Å². The Bertz CT molecular complexity index is 607. The molecular weight excluding hydrogens is 310 g/mol. The lowest BCUT2D eigenvalue weighted by Crippen LogP contribution is -2.47. The summed E-state index contributed by atoms with van der Waals surface area (Å²) in [6.07, 6.45) is 2.79. The normalized spacial score (nSPS) is 15.7. The number of methoxy groups -OCH3 is 1. The molecule has 1 fully saturated rings. The summed E-state index contributed by atoms with van der Waals surface area (Å²) in [5.41, 5.74) is 1.35. The summed E-state index contributed by atoms with van der Waals surface area (Å²) >= 11 is 5.90. The molecule has 1 aromatic heterocycles. The minimum absolute atomic E-state index is 0.687. The van der Waals surface area contributed by atoms with Crippen molar-refractivity contribution in [2.24, 2.45) is 0 Å². The van der Waals surface area contributed by atoms with Crippen molar-refractivity contribution in [1.29, 1.82) is 0 Å². The average molecular weight is 332 g/mol. The van der Waals surface area contributed by atoms with E-state index in [0.29, 0.717) is 5.02 Å². The summed E-state index contributed by atoms with van der Waals surface area (Å²) in [4.78, 5) is 9.23. The molecule has 0 aliphatic carbocycles. The molecule has 3 rings (SSSR count). The second kappa shape index (κ2) is 7.66. The Morgan fingerprint density at radius 3 is 2.39 bits per heavy atom. The third kappa shape index (κ3) is 4.36. The van der Waals surface area contributed by atoms with Gasteiger partial charge in [-0.25, -0.2) is 4.98 Å². The maximum atomic E-state index is 5.90. The Hall–Kier alpha value is -1.78. The number of hydrogen-bond donors (Lipinski definition) is 0. The van der Waals surface area contributed by atoms with Gasteiger partial charge in [0.2, 0.25) is 0 Å². The standard InChI is InChI=1S/C18H22ClN3O/c1-23-17-5-2-15(3-6-17)8-9-21-10-12-22(13-11-21)18-7-4-16(19)14-20-18/h2-7,14H,8-13H2,1H3. The highest BCUT2D eigenvalue weighted by molar-refractivity contribution is 6.30. The molecule has 5 heteroatoms. The monoisotopic (exact) mass is 331 g/mol. The van der Waals surface area contributed by atoms with Crippen molar-refractivity contribution in [2.75, 3.05) is 44.7 Å². The first-order chi connectivity index (χ1) is 11.2. The maximum absolute atomic E-state index is 5.90. The number of hydrogen-bond acceptors (Lipinski definition) is 4. The van der Waals surface area contributed by atoms with Gasteiger partial charge in [0.05, 0.1) is 12.1 Å². The van der Waals surface area contributed by atoms with Gasteiger partial charge in [-0.3, -0.25) is 4.90 Å². The van der Waals surface area contributed by atoms with E-state index in [-0.39, 0.29) is 0 Å². The van der Waals surface area contributed by atoms with E-state index >= 15 is 0 Å². The summed E-state index contributed by atoms with van der Waals surface area (Å²) in [6, 6.07) is 12.2. The number of anilines is 1. The number of benzene rings is 1. The van der Waals surface area contributed by atoms with Gasteiger partial charge in [-0.05, 0) is 36.2 Å². The van der Waals surface area contributed by atoms with Gasteiger partial charge in [-0.2, -0.15) is 0 Å². The van der Waals surface area contributed by atoms with E-state index in [1.165, 1.54) is 5.56 Å². The molecule has 0 bridgehead atoms. The smallest absolute Gasteiger partial charge is 0.128 e. The van der Waals surface area contributed by atoms with Crippen molar-refractivity contribution in [2.45, 2.75) is 6.42 Å². The van der Waals surface area contributed by atoms with Crippen LogP contribution in [0.15, 0.2) is 42.6 Å². The van der Waals surface area contributed by atoms with Crippen LogP contribution in [-0.2, 0) is 6.42 Å². The van der Waals surface area contributed by atoms with Crippen LogP contribution >= 0.6 is 11.6 Å². The molecule has 1 saturated heterocycles. The second-order valence-corrected chi connectivity index (χ2v) is 6.20. The van der Waals surface area contributed by atoms with E-state index in [9.17, 15) is 0 Å². The summed E-state index contributed by atoms with van der Waals surface area (Å²) in [5, 5.41) is 0.687. The van der Waals surface area contributed by atoms with Crippen molar-refractivity contribution in [1.82, 2.24) is 9.88 Å². The van der Waals surface area contributed by atoms with Gasteiger partial charge < -0.3 is 9.64 Å². The first kappa shape index (κ1) is 16.1. The zero-order chi connectivity index (χ0) is 16.1. The predicted molar refractivity (Wildman–Crippen MR) is 94.6 cm³/mol. The summed E-state index contributed by atoms with van der Waals surface area (Å²) in [6.45, 7) is 5.25. The summed E-state index contributed by atoms with van der Waals surface area (Å²) < 4.78 is 5.19. The van der Waals surface area contributed by atoms with Crippen molar-refractivity contribution in [3.8, 4) is 5.75 Å². The molecule has 1 aliphatic rings. The molecule has 1 aromatic carbocycles. The highest BCUT2D eigenvalue weighted by Gasteiger charge is 2.17. The van der Waals surface area contributed by atoms with Crippen LogP contribution < -0.4 is 9.64 Å². The van der Waals surface area contributed by atoms with Crippen LogP contribution in [0.25, 0.3) is 0 Å². The van der Waals surface area contributed by atoms with Crippen LogP contribution in [0.5, 0.6) is 5.75 Å². The topological polar surface area (TPSA) is 28.6 Å². The molecular formula is C18H22ClN3O. The van der Waals surface area contributed by atoms with Gasteiger partial charge in [0.15, 0.2) is 0 Å². The number of rotatable bonds is 5. The SMILES string of the molecule is COc1ccc(CCN2CCN(c3ccc(Cl)cn3)CC2)cc1.